The fraction of sp³-hybridized carbons (Fsp3) is 0.556. The summed E-state index contributed by atoms with van der Waals surface area (Å²) in [6, 6.07) is 5.86. The average Bonchev–Trinajstić information content (AvgIpc) is 2.65. The Morgan fingerprint density at radius 1 is 1.24 bits per heavy atom. The van der Waals surface area contributed by atoms with Gasteiger partial charge in [0, 0.05) is 51.0 Å². The first kappa shape index (κ1) is 17.5. The number of piperazine rings is 1. The van der Waals surface area contributed by atoms with Crippen LogP contribution in [-0.4, -0.2) is 69.1 Å². The van der Waals surface area contributed by atoms with Crippen LogP contribution in [0.3, 0.4) is 0 Å². The molecule has 2 aliphatic heterocycles. The van der Waals surface area contributed by atoms with Crippen LogP contribution in [0.2, 0.25) is 0 Å². The van der Waals surface area contributed by atoms with Gasteiger partial charge in [0.15, 0.2) is 6.61 Å². The van der Waals surface area contributed by atoms with E-state index in [-0.39, 0.29) is 25.0 Å². The van der Waals surface area contributed by atoms with Crippen LogP contribution in [0, 0.1) is 0 Å². The summed E-state index contributed by atoms with van der Waals surface area (Å²) in [6.45, 7) is 9.01. The van der Waals surface area contributed by atoms with Crippen LogP contribution >= 0.6 is 0 Å². The lowest BCUT2D eigenvalue weighted by Crippen LogP contribution is -2.46. The smallest absolute Gasteiger partial charge is 0.265 e. The molecule has 7 heteroatoms. The molecule has 7 nitrogen and oxygen atoms in total. The van der Waals surface area contributed by atoms with Gasteiger partial charge in [0.2, 0.25) is 5.91 Å². The van der Waals surface area contributed by atoms with Crippen LogP contribution in [0.25, 0.3) is 0 Å². The Morgan fingerprint density at radius 2 is 1.96 bits per heavy atom. The summed E-state index contributed by atoms with van der Waals surface area (Å²) in [4.78, 5) is 30.3. The van der Waals surface area contributed by atoms with Gasteiger partial charge in [-0.1, -0.05) is 0 Å². The van der Waals surface area contributed by atoms with Gasteiger partial charge in [-0.15, -0.1) is 0 Å². The topological polar surface area (TPSA) is 65.1 Å². The summed E-state index contributed by atoms with van der Waals surface area (Å²) in [7, 11) is 0. The first-order valence-electron chi connectivity index (χ1n) is 8.94. The Kier molecular flexibility index (Phi) is 5.43. The van der Waals surface area contributed by atoms with Gasteiger partial charge in [0.25, 0.3) is 5.91 Å². The largest absolute Gasteiger partial charge is 0.481 e. The number of ether oxygens (including phenoxy) is 1. The van der Waals surface area contributed by atoms with Crippen molar-refractivity contribution in [2.45, 2.75) is 13.8 Å². The number of hydrogen-bond donors (Lipinski definition) is 1. The minimum atomic E-state index is -0.178. The zero-order chi connectivity index (χ0) is 17.8. The quantitative estimate of drug-likeness (QED) is 0.850. The SMILES string of the molecule is CCN(CC)C(=O)CN1C(=O)COc2cc(N3CCNCC3)ccc21. The van der Waals surface area contributed by atoms with E-state index >= 15 is 0 Å². The molecule has 0 atom stereocenters. The van der Waals surface area contributed by atoms with Crippen LogP contribution in [0.1, 0.15) is 13.8 Å². The molecule has 0 aliphatic carbocycles. The summed E-state index contributed by atoms with van der Waals surface area (Å²) < 4.78 is 5.63. The van der Waals surface area contributed by atoms with E-state index in [0.717, 1.165) is 31.9 Å². The fourth-order valence-corrected chi connectivity index (χ4v) is 3.30. The number of nitrogens with one attached hydrogen (secondary N) is 1. The van der Waals surface area contributed by atoms with E-state index in [2.05, 4.69) is 10.2 Å². The summed E-state index contributed by atoms with van der Waals surface area (Å²) in [5, 5.41) is 3.33. The minimum Gasteiger partial charge on any atom is -0.481 e. The van der Waals surface area contributed by atoms with Gasteiger partial charge in [-0.05, 0) is 26.0 Å². The molecule has 136 valence electrons. The van der Waals surface area contributed by atoms with Gasteiger partial charge in [0.05, 0.1) is 5.69 Å². The molecular formula is C18H26N4O3. The molecule has 0 unspecified atom stereocenters. The van der Waals surface area contributed by atoms with Gasteiger partial charge in [-0.2, -0.15) is 0 Å². The van der Waals surface area contributed by atoms with E-state index in [1.165, 1.54) is 0 Å². The molecule has 0 spiro atoms. The third-order valence-electron chi connectivity index (χ3n) is 4.78. The van der Waals surface area contributed by atoms with Crippen molar-refractivity contribution in [1.29, 1.82) is 0 Å². The molecule has 0 aromatic heterocycles. The molecule has 0 saturated carbocycles. The lowest BCUT2D eigenvalue weighted by atomic mass is 10.2. The van der Waals surface area contributed by atoms with Crippen molar-refractivity contribution in [3.63, 3.8) is 0 Å². The Morgan fingerprint density at radius 3 is 2.64 bits per heavy atom. The van der Waals surface area contributed by atoms with Crippen LogP contribution in [0.5, 0.6) is 5.75 Å². The summed E-state index contributed by atoms with van der Waals surface area (Å²) in [5.74, 6) is 0.447. The molecule has 1 saturated heterocycles. The zero-order valence-electron chi connectivity index (χ0n) is 15.0. The molecule has 25 heavy (non-hydrogen) atoms. The highest BCUT2D eigenvalue weighted by atomic mass is 16.5. The predicted octanol–water partition coefficient (Wildman–Crippen LogP) is 0.690. The Bertz CT molecular complexity index is 639. The third kappa shape index (κ3) is 3.71. The van der Waals surface area contributed by atoms with E-state index in [0.29, 0.717) is 24.5 Å². The predicted molar refractivity (Wildman–Crippen MR) is 97.3 cm³/mol. The molecule has 1 aromatic carbocycles. The number of likely N-dealkylation sites (N-methyl/N-ethyl adjacent to an activating group) is 1. The molecule has 1 N–H and O–H groups in total. The number of rotatable bonds is 5. The van der Waals surface area contributed by atoms with Crippen LogP contribution < -0.4 is 19.9 Å². The lowest BCUT2D eigenvalue weighted by Gasteiger charge is -2.33. The van der Waals surface area contributed by atoms with Crippen molar-refractivity contribution in [3.05, 3.63) is 18.2 Å². The first-order chi connectivity index (χ1) is 12.1. The van der Waals surface area contributed by atoms with Crippen LogP contribution in [0.4, 0.5) is 11.4 Å². The van der Waals surface area contributed by atoms with Crippen molar-refractivity contribution in [1.82, 2.24) is 10.2 Å². The van der Waals surface area contributed by atoms with Crippen molar-refractivity contribution < 1.29 is 14.3 Å². The maximum absolute atomic E-state index is 12.4. The minimum absolute atomic E-state index is 0.0243. The Hall–Kier alpha value is -2.28. The van der Waals surface area contributed by atoms with E-state index in [4.69, 9.17) is 4.74 Å². The molecule has 0 radical (unpaired) electrons. The number of benzene rings is 1. The van der Waals surface area contributed by atoms with Crippen molar-refractivity contribution >= 4 is 23.2 Å². The number of amides is 2. The summed E-state index contributed by atoms with van der Waals surface area (Å²) >= 11 is 0. The normalized spacial score (nSPS) is 17.1. The first-order valence-corrected chi connectivity index (χ1v) is 8.94. The lowest BCUT2D eigenvalue weighted by molar-refractivity contribution is -0.131. The molecule has 1 fully saturated rings. The Balaban J connectivity index is 1.81. The van der Waals surface area contributed by atoms with E-state index in [1.54, 1.807) is 9.80 Å². The Labute approximate surface area is 148 Å². The molecule has 3 rings (SSSR count). The monoisotopic (exact) mass is 346 g/mol. The summed E-state index contributed by atoms with van der Waals surface area (Å²) in [6.07, 6.45) is 0. The molecule has 2 aliphatic rings. The van der Waals surface area contributed by atoms with Gasteiger partial charge in [-0.25, -0.2) is 0 Å². The van der Waals surface area contributed by atoms with E-state index in [9.17, 15) is 9.59 Å². The van der Waals surface area contributed by atoms with Crippen LogP contribution in [-0.2, 0) is 9.59 Å². The maximum atomic E-state index is 12.4. The molecule has 0 bridgehead atoms. The number of fused-ring (bicyclic) bond motifs is 1. The standard InChI is InChI=1S/C18H26N4O3/c1-3-20(4-2)17(23)12-22-15-6-5-14(21-9-7-19-8-10-21)11-16(15)25-13-18(22)24/h5-6,11,19H,3-4,7-10,12-13H2,1-2H3. The zero-order valence-corrected chi connectivity index (χ0v) is 15.0. The van der Waals surface area contributed by atoms with Crippen LogP contribution in [0.15, 0.2) is 18.2 Å². The van der Waals surface area contributed by atoms with E-state index < -0.39 is 0 Å². The second-order valence-electron chi connectivity index (χ2n) is 6.22. The molecule has 1 aromatic rings. The molecule has 2 amide bonds. The number of hydrogen-bond acceptors (Lipinski definition) is 5. The average molecular weight is 346 g/mol. The number of carbonyl (C=O) groups excluding carboxylic acids is 2. The third-order valence-corrected chi connectivity index (χ3v) is 4.78. The highest BCUT2D eigenvalue weighted by Gasteiger charge is 2.29. The van der Waals surface area contributed by atoms with Crippen molar-refractivity contribution in [2.24, 2.45) is 0 Å². The van der Waals surface area contributed by atoms with Crippen molar-refractivity contribution in [2.75, 3.05) is 62.2 Å². The van der Waals surface area contributed by atoms with Gasteiger partial charge < -0.3 is 19.9 Å². The van der Waals surface area contributed by atoms with E-state index in [1.807, 2.05) is 32.0 Å². The highest BCUT2D eigenvalue weighted by molar-refractivity contribution is 6.02. The number of anilines is 2. The van der Waals surface area contributed by atoms with Gasteiger partial charge in [0.1, 0.15) is 12.3 Å². The molecular weight excluding hydrogens is 320 g/mol. The maximum Gasteiger partial charge on any atom is 0.265 e. The van der Waals surface area contributed by atoms with Crippen molar-refractivity contribution in [3.8, 4) is 5.75 Å². The number of nitrogens with zero attached hydrogens (tertiary/aromatic N) is 3. The van der Waals surface area contributed by atoms with Gasteiger partial charge >= 0.3 is 0 Å². The second kappa shape index (κ2) is 7.74. The molecule has 2 heterocycles. The fourth-order valence-electron chi connectivity index (χ4n) is 3.30. The number of carbonyl (C=O) groups is 2. The highest BCUT2D eigenvalue weighted by Crippen LogP contribution is 2.35. The second-order valence-corrected chi connectivity index (χ2v) is 6.22. The van der Waals surface area contributed by atoms with Gasteiger partial charge in [-0.3, -0.25) is 14.5 Å². The summed E-state index contributed by atoms with van der Waals surface area (Å²) in [5.41, 5.74) is 1.76.